The van der Waals surface area contributed by atoms with Gasteiger partial charge in [-0.25, -0.2) is 9.50 Å². The van der Waals surface area contributed by atoms with Crippen LogP contribution in [0.4, 0.5) is 13.2 Å². The highest BCUT2D eigenvalue weighted by Gasteiger charge is 2.39. The molecule has 0 bridgehead atoms. The topological polar surface area (TPSA) is 50.5 Å². The minimum Gasteiger partial charge on any atom is -0.348 e. The Morgan fingerprint density at radius 1 is 1.00 bits per heavy atom. The van der Waals surface area contributed by atoms with E-state index in [0.29, 0.717) is 28.9 Å². The van der Waals surface area contributed by atoms with Gasteiger partial charge in [-0.05, 0) is 42.7 Å². The Bertz CT molecular complexity index is 1280. The monoisotopic (exact) mass is 452 g/mol. The second-order valence-electron chi connectivity index (χ2n) is 8.39. The lowest BCUT2D eigenvalue weighted by Crippen LogP contribution is -2.44. The molecule has 4 aromatic rings. The molecule has 0 radical (unpaired) electrons. The van der Waals surface area contributed by atoms with Crippen molar-refractivity contribution in [3.63, 3.8) is 0 Å². The Morgan fingerprint density at radius 2 is 1.67 bits per heavy atom. The van der Waals surface area contributed by atoms with Gasteiger partial charge in [-0.3, -0.25) is 4.79 Å². The number of carbonyl (C=O) groups is 1. The van der Waals surface area contributed by atoms with E-state index in [9.17, 15) is 18.0 Å². The first kappa shape index (κ1) is 22.5. The summed E-state index contributed by atoms with van der Waals surface area (Å²) in [7, 11) is 3.42. The number of rotatable bonds is 5. The van der Waals surface area contributed by atoms with Gasteiger partial charge in [0.1, 0.15) is 0 Å². The number of fused-ring (bicyclic) bond motifs is 1. The average molecular weight is 452 g/mol. The molecule has 0 aliphatic heterocycles. The molecule has 0 spiro atoms. The minimum absolute atomic E-state index is 0.0922. The summed E-state index contributed by atoms with van der Waals surface area (Å²) in [5.41, 5.74) is 1.59. The van der Waals surface area contributed by atoms with Crippen molar-refractivity contribution in [2.24, 2.45) is 0 Å². The molecule has 4 rings (SSSR count). The highest BCUT2D eigenvalue weighted by Crippen LogP contribution is 2.34. The van der Waals surface area contributed by atoms with E-state index in [4.69, 9.17) is 0 Å². The molecule has 0 N–H and O–H groups in total. The van der Waals surface area contributed by atoms with Crippen LogP contribution >= 0.6 is 0 Å². The highest BCUT2D eigenvalue weighted by atomic mass is 19.4. The molecule has 0 saturated heterocycles. The van der Waals surface area contributed by atoms with E-state index in [1.165, 1.54) is 12.1 Å². The van der Waals surface area contributed by atoms with Gasteiger partial charge in [0.15, 0.2) is 5.65 Å². The Hall–Kier alpha value is -3.68. The lowest BCUT2D eigenvalue weighted by molar-refractivity contribution is -0.137. The first-order valence-electron chi connectivity index (χ1n) is 10.4. The van der Waals surface area contributed by atoms with Crippen molar-refractivity contribution in [1.29, 1.82) is 0 Å². The standard InChI is InChI=1S/C25H23F3N4O/c1-24(23(33)31(2)3,15-17-7-5-4-6-8-17)21-13-14-29-22-20(16-30-32(21)22)18-9-11-19(12-10-18)25(26,27)28/h4-14,16H,15H2,1-3H3. The Kier molecular flexibility index (Phi) is 5.69. The van der Waals surface area contributed by atoms with E-state index >= 15 is 0 Å². The van der Waals surface area contributed by atoms with Crippen LogP contribution in [0.3, 0.4) is 0 Å². The van der Waals surface area contributed by atoms with Crippen LogP contribution in [0.5, 0.6) is 0 Å². The molecule has 0 saturated carbocycles. The van der Waals surface area contributed by atoms with Crippen LogP contribution in [0.2, 0.25) is 0 Å². The fraction of sp³-hybridized carbons (Fsp3) is 0.240. The summed E-state index contributed by atoms with van der Waals surface area (Å²) in [6, 6.07) is 16.4. The molecule has 2 aromatic heterocycles. The van der Waals surface area contributed by atoms with Crippen LogP contribution in [-0.4, -0.2) is 39.5 Å². The molecule has 2 heterocycles. The van der Waals surface area contributed by atoms with Crippen molar-refractivity contribution in [3.05, 3.63) is 89.9 Å². The fourth-order valence-electron chi connectivity index (χ4n) is 4.13. The van der Waals surface area contributed by atoms with Crippen LogP contribution in [0.15, 0.2) is 73.1 Å². The number of alkyl halides is 3. The Labute approximate surface area is 189 Å². The summed E-state index contributed by atoms with van der Waals surface area (Å²) in [5.74, 6) is -0.0922. The zero-order valence-corrected chi connectivity index (χ0v) is 18.5. The maximum absolute atomic E-state index is 13.4. The zero-order chi connectivity index (χ0) is 23.8. The van der Waals surface area contributed by atoms with E-state index in [2.05, 4.69) is 10.1 Å². The first-order chi connectivity index (χ1) is 15.6. The van der Waals surface area contributed by atoms with E-state index in [-0.39, 0.29) is 5.91 Å². The van der Waals surface area contributed by atoms with E-state index in [1.54, 1.807) is 42.0 Å². The van der Waals surface area contributed by atoms with Crippen molar-refractivity contribution < 1.29 is 18.0 Å². The zero-order valence-electron chi connectivity index (χ0n) is 18.5. The van der Waals surface area contributed by atoms with Crippen LogP contribution in [0.1, 0.15) is 23.7 Å². The van der Waals surface area contributed by atoms with Crippen LogP contribution in [0, 0.1) is 0 Å². The third kappa shape index (κ3) is 4.20. The number of hydrogen-bond acceptors (Lipinski definition) is 3. The van der Waals surface area contributed by atoms with Crippen molar-refractivity contribution in [1.82, 2.24) is 19.5 Å². The highest BCUT2D eigenvalue weighted by molar-refractivity contribution is 5.88. The number of halogens is 3. The number of likely N-dealkylation sites (N-methyl/N-ethyl adjacent to an activating group) is 1. The summed E-state index contributed by atoms with van der Waals surface area (Å²) < 4.78 is 40.5. The molecule has 5 nitrogen and oxygen atoms in total. The minimum atomic E-state index is -4.41. The van der Waals surface area contributed by atoms with Gasteiger partial charge in [0.05, 0.1) is 22.9 Å². The Balaban J connectivity index is 1.83. The van der Waals surface area contributed by atoms with Gasteiger partial charge in [0.25, 0.3) is 0 Å². The third-order valence-corrected chi connectivity index (χ3v) is 5.77. The first-order valence-corrected chi connectivity index (χ1v) is 10.4. The molecule has 1 atom stereocenters. The van der Waals surface area contributed by atoms with Gasteiger partial charge in [0.2, 0.25) is 5.91 Å². The second kappa shape index (κ2) is 8.35. The van der Waals surface area contributed by atoms with Crippen molar-refractivity contribution in [2.75, 3.05) is 14.1 Å². The van der Waals surface area contributed by atoms with Crippen molar-refractivity contribution in [3.8, 4) is 11.1 Å². The van der Waals surface area contributed by atoms with E-state index < -0.39 is 17.2 Å². The molecule has 1 amide bonds. The molecule has 0 fully saturated rings. The van der Waals surface area contributed by atoms with Gasteiger partial charge < -0.3 is 4.90 Å². The van der Waals surface area contributed by atoms with Crippen molar-refractivity contribution in [2.45, 2.75) is 24.9 Å². The molecular weight excluding hydrogens is 429 g/mol. The van der Waals surface area contributed by atoms with Crippen LogP contribution in [0.25, 0.3) is 16.8 Å². The average Bonchev–Trinajstić information content (AvgIpc) is 3.23. The molecule has 33 heavy (non-hydrogen) atoms. The summed E-state index contributed by atoms with van der Waals surface area (Å²) in [5, 5.41) is 4.48. The summed E-state index contributed by atoms with van der Waals surface area (Å²) in [6.45, 7) is 1.87. The molecule has 0 aliphatic rings. The number of aromatic nitrogens is 3. The molecule has 0 aliphatic carbocycles. The lowest BCUT2D eigenvalue weighted by Gasteiger charge is -2.31. The predicted molar refractivity (Wildman–Crippen MR) is 120 cm³/mol. The van der Waals surface area contributed by atoms with Gasteiger partial charge >= 0.3 is 6.18 Å². The second-order valence-corrected chi connectivity index (χ2v) is 8.39. The SMILES string of the molecule is CN(C)C(=O)C(C)(Cc1ccccc1)c1ccnc2c(-c3ccc(C(F)(F)F)cc3)cnn12. The van der Waals surface area contributed by atoms with Gasteiger partial charge in [0, 0.05) is 25.9 Å². The number of hydrogen-bond donors (Lipinski definition) is 0. The smallest absolute Gasteiger partial charge is 0.348 e. The molecule has 2 aromatic carbocycles. The van der Waals surface area contributed by atoms with Gasteiger partial charge in [-0.1, -0.05) is 42.5 Å². The van der Waals surface area contributed by atoms with Crippen molar-refractivity contribution >= 4 is 11.6 Å². The summed E-state index contributed by atoms with van der Waals surface area (Å²) in [4.78, 5) is 19.4. The molecular formula is C25H23F3N4O. The van der Waals surface area contributed by atoms with E-state index in [1.807, 2.05) is 37.3 Å². The number of nitrogens with zero attached hydrogens (tertiary/aromatic N) is 4. The maximum Gasteiger partial charge on any atom is 0.416 e. The summed E-state index contributed by atoms with van der Waals surface area (Å²) in [6.07, 6.45) is -0.792. The summed E-state index contributed by atoms with van der Waals surface area (Å²) >= 11 is 0. The van der Waals surface area contributed by atoms with Crippen LogP contribution in [-0.2, 0) is 22.8 Å². The number of amides is 1. The quantitative estimate of drug-likeness (QED) is 0.428. The maximum atomic E-state index is 13.4. The third-order valence-electron chi connectivity index (χ3n) is 5.77. The van der Waals surface area contributed by atoms with E-state index in [0.717, 1.165) is 17.7 Å². The molecule has 170 valence electrons. The lowest BCUT2D eigenvalue weighted by atomic mass is 9.79. The van der Waals surface area contributed by atoms with Crippen LogP contribution < -0.4 is 0 Å². The normalized spacial score (nSPS) is 13.6. The molecule has 1 unspecified atom stereocenters. The molecule has 8 heteroatoms. The fourth-order valence-corrected chi connectivity index (χ4v) is 4.13. The van der Waals surface area contributed by atoms with Gasteiger partial charge in [-0.15, -0.1) is 0 Å². The number of benzene rings is 2. The largest absolute Gasteiger partial charge is 0.416 e. The predicted octanol–water partition coefficient (Wildman–Crippen LogP) is 5.00. The van der Waals surface area contributed by atoms with Gasteiger partial charge in [-0.2, -0.15) is 18.3 Å². The Morgan fingerprint density at radius 3 is 2.27 bits per heavy atom. The number of carbonyl (C=O) groups excluding carboxylic acids is 1.